The van der Waals surface area contributed by atoms with E-state index in [1.54, 1.807) is 26.2 Å². The summed E-state index contributed by atoms with van der Waals surface area (Å²) in [6, 6.07) is 23.5. The second-order valence-corrected chi connectivity index (χ2v) is 7.93. The van der Waals surface area contributed by atoms with Gasteiger partial charge in [-0.05, 0) is 70.9 Å². The molecule has 0 spiro atoms. The molecule has 1 amide bonds. The molecule has 3 aromatic carbocycles. The smallest absolute Gasteiger partial charge is 0.266 e. The zero-order chi connectivity index (χ0) is 21.8. The molecule has 156 valence electrons. The fourth-order valence-electron chi connectivity index (χ4n) is 3.14. The summed E-state index contributed by atoms with van der Waals surface area (Å²) >= 11 is 1.37. The van der Waals surface area contributed by atoms with Gasteiger partial charge in [0, 0.05) is 7.05 Å². The van der Waals surface area contributed by atoms with Gasteiger partial charge in [0.05, 0.1) is 24.8 Å². The summed E-state index contributed by atoms with van der Waals surface area (Å²) in [6.45, 7) is 0. The minimum atomic E-state index is -0.0610. The highest BCUT2D eigenvalue weighted by atomic mass is 32.2. The quantitative estimate of drug-likeness (QED) is 0.494. The summed E-state index contributed by atoms with van der Waals surface area (Å²) in [5.41, 5.74) is 3.90. The van der Waals surface area contributed by atoms with Crippen LogP contribution in [0.3, 0.4) is 0 Å². The first kappa shape index (κ1) is 20.8. The number of likely N-dealkylation sites (N-methyl/N-ethyl adjacent to an activating group) is 1. The van der Waals surface area contributed by atoms with Gasteiger partial charge in [-0.15, -0.1) is 0 Å². The van der Waals surface area contributed by atoms with Crippen LogP contribution >= 0.6 is 11.8 Å². The SMILES string of the molecule is COc1ccc(N=C2S/C(=C\c3ccc(-c4cccc(OC)c4)cc3)C(=O)N2C)cc1. The standard InChI is InChI=1S/C25H22N2O3S/c1-27-24(28)23(31-25(27)26-20-11-13-21(29-2)14-12-20)15-17-7-9-18(10-8-17)19-5-4-6-22(16-19)30-3/h4-16H,1-3H3/b23-15-,26-25?. The van der Waals surface area contributed by atoms with E-state index in [1.165, 1.54) is 11.8 Å². The maximum absolute atomic E-state index is 12.7. The molecule has 0 atom stereocenters. The average Bonchev–Trinajstić information content (AvgIpc) is 3.07. The molecule has 3 aromatic rings. The van der Waals surface area contributed by atoms with E-state index in [-0.39, 0.29) is 5.91 Å². The van der Waals surface area contributed by atoms with Gasteiger partial charge in [0.2, 0.25) is 0 Å². The number of hydrogen-bond acceptors (Lipinski definition) is 5. The van der Waals surface area contributed by atoms with Crippen LogP contribution in [0, 0.1) is 0 Å². The molecule has 1 aliphatic rings. The third-order valence-corrected chi connectivity index (χ3v) is 5.97. The second-order valence-electron chi connectivity index (χ2n) is 6.92. The van der Waals surface area contributed by atoms with E-state index in [1.807, 2.05) is 78.9 Å². The van der Waals surface area contributed by atoms with E-state index in [4.69, 9.17) is 9.47 Å². The summed E-state index contributed by atoms with van der Waals surface area (Å²) in [5.74, 6) is 1.53. The van der Waals surface area contributed by atoms with Gasteiger partial charge in [-0.1, -0.05) is 36.4 Å². The lowest BCUT2D eigenvalue weighted by atomic mass is 10.0. The molecule has 0 radical (unpaired) electrons. The number of amides is 1. The molecule has 0 bridgehead atoms. The van der Waals surface area contributed by atoms with Crippen molar-refractivity contribution >= 4 is 34.6 Å². The van der Waals surface area contributed by atoms with Gasteiger partial charge in [-0.3, -0.25) is 9.69 Å². The predicted molar refractivity (Wildman–Crippen MR) is 127 cm³/mol. The number of aliphatic imine (C=N–C) groups is 1. The van der Waals surface area contributed by atoms with Gasteiger partial charge >= 0.3 is 0 Å². The van der Waals surface area contributed by atoms with Crippen molar-refractivity contribution in [3.05, 3.63) is 83.3 Å². The monoisotopic (exact) mass is 430 g/mol. The van der Waals surface area contributed by atoms with Gasteiger partial charge in [-0.2, -0.15) is 0 Å². The number of rotatable bonds is 5. The molecule has 0 unspecified atom stereocenters. The van der Waals surface area contributed by atoms with E-state index in [0.29, 0.717) is 10.1 Å². The summed E-state index contributed by atoms with van der Waals surface area (Å²) in [5, 5.41) is 0.648. The lowest BCUT2D eigenvalue weighted by Gasteiger charge is -2.07. The number of nitrogens with zero attached hydrogens (tertiary/aromatic N) is 2. The van der Waals surface area contributed by atoms with Gasteiger partial charge in [-0.25, -0.2) is 4.99 Å². The summed E-state index contributed by atoms with van der Waals surface area (Å²) in [6.07, 6.45) is 1.90. The number of ether oxygens (including phenoxy) is 2. The maximum atomic E-state index is 12.7. The third-order valence-electron chi connectivity index (χ3n) is 4.91. The van der Waals surface area contributed by atoms with Crippen LogP contribution in [0.5, 0.6) is 11.5 Å². The number of benzene rings is 3. The Balaban J connectivity index is 1.54. The van der Waals surface area contributed by atoms with Crippen molar-refractivity contribution in [3.63, 3.8) is 0 Å². The number of carbonyl (C=O) groups excluding carboxylic acids is 1. The molecule has 1 saturated heterocycles. The molecule has 4 rings (SSSR count). The van der Waals surface area contributed by atoms with E-state index < -0.39 is 0 Å². The molecule has 0 saturated carbocycles. The number of carbonyl (C=O) groups is 1. The van der Waals surface area contributed by atoms with Crippen LogP contribution in [-0.2, 0) is 4.79 Å². The van der Waals surface area contributed by atoms with Gasteiger partial charge in [0.25, 0.3) is 5.91 Å². The van der Waals surface area contributed by atoms with Gasteiger partial charge < -0.3 is 9.47 Å². The molecule has 0 aliphatic carbocycles. The van der Waals surface area contributed by atoms with Crippen molar-refractivity contribution in [1.82, 2.24) is 4.90 Å². The minimum Gasteiger partial charge on any atom is -0.497 e. The molecule has 5 nitrogen and oxygen atoms in total. The lowest BCUT2D eigenvalue weighted by molar-refractivity contribution is -0.121. The molecule has 1 fully saturated rings. The van der Waals surface area contributed by atoms with Crippen molar-refractivity contribution in [3.8, 4) is 22.6 Å². The zero-order valence-corrected chi connectivity index (χ0v) is 18.3. The van der Waals surface area contributed by atoms with Crippen LogP contribution in [-0.4, -0.2) is 37.2 Å². The Morgan fingerprint density at radius 1 is 0.871 bits per heavy atom. The topological polar surface area (TPSA) is 51.1 Å². The first-order valence-electron chi connectivity index (χ1n) is 9.72. The highest BCUT2D eigenvalue weighted by Crippen LogP contribution is 2.34. The fourth-order valence-corrected chi connectivity index (χ4v) is 4.13. The molecule has 6 heteroatoms. The van der Waals surface area contributed by atoms with Crippen molar-refractivity contribution < 1.29 is 14.3 Å². The highest BCUT2D eigenvalue weighted by Gasteiger charge is 2.30. The molecule has 0 aromatic heterocycles. The molecular formula is C25H22N2O3S. The number of methoxy groups -OCH3 is 2. The van der Waals surface area contributed by atoms with Crippen LogP contribution in [0.2, 0.25) is 0 Å². The summed E-state index contributed by atoms with van der Waals surface area (Å²) in [4.78, 5) is 19.5. The largest absolute Gasteiger partial charge is 0.497 e. The van der Waals surface area contributed by atoms with Crippen LogP contribution in [0.25, 0.3) is 17.2 Å². The normalized spacial score (nSPS) is 16.2. The molecule has 0 N–H and O–H groups in total. The van der Waals surface area contributed by atoms with E-state index in [9.17, 15) is 4.79 Å². The van der Waals surface area contributed by atoms with Crippen molar-refractivity contribution in [1.29, 1.82) is 0 Å². The maximum Gasteiger partial charge on any atom is 0.266 e. The van der Waals surface area contributed by atoms with Crippen LogP contribution in [0.4, 0.5) is 5.69 Å². The lowest BCUT2D eigenvalue weighted by Crippen LogP contribution is -2.23. The minimum absolute atomic E-state index is 0.0610. The molecule has 1 heterocycles. The number of hydrogen-bond donors (Lipinski definition) is 0. The van der Waals surface area contributed by atoms with E-state index in [0.717, 1.165) is 33.9 Å². The van der Waals surface area contributed by atoms with Crippen LogP contribution in [0.15, 0.2) is 82.7 Å². The number of thioether (sulfide) groups is 1. The van der Waals surface area contributed by atoms with Crippen LogP contribution < -0.4 is 9.47 Å². The predicted octanol–water partition coefficient (Wildman–Crippen LogP) is 5.60. The average molecular weight is 431 g/mol. The first-order chi connectivity index (χ1) is 15.1. The third kappa shape index (κ3) is 4.64. The van der Waals surface area contributed by atoms with Crippen molar-refractivity contribution in [2.75, 3.05) is 21.3 Å². The van der Waals surface area contributed by atoms with Gasteiger partial charge in [0.1, 0.15) is 11.5 Å². The van der Waals surface area contributed by atoms with Crippen LogP contribution in [0.1, 0.15) is 5.56 Å². The first-order valence-corrected chi connectivity index (χ1v) is 10.5. The Labute approximate surface area is 186 Å². The van der Waals surface area contributed by atoms with Crippen molar-refractivity contribution in [2.24, 2.45) is 4.99 Å². The summed E-state index contributed by atoms with van der Waals surface area (Å²) in [7, 11) is 5.03. The second kappa shape index (κ2) is 9.10. The molecular weight excluding hydrogens is 408 g/mol. The molecule has 31 heavy (non-hydrogen) atoms. The Morgan fingerprint density at radius 3 is 2.26 bits per heavy atom. The highest BCUT2D eigenvalue weighted by molar-refractivity contribution is 8.18. The molecule has 1 aliphatic heterocycles. The van der Waals surface area contributed by atoms with Gasteiger partial charge in [0.15, 0.2) is 5.17 Å². The zero-order valence-electron chi connectivity index (χ0n) is 17.5. The number of amidine groups is 1. The van der Waals surface area contributed by atoms with E-state index >= 15 is 0 Å². The Kier molecular flexibility index (Phi) is 6.09. The Bertz CT molecular complexity index is 1150. The Hall–Kier alpha value is -3.51. The fraction of sp³-hybridized carbons (Fsp3) is 0.120. The summed E-state index contributed by atoms with van der Waals surface area (Å²) < 4.78 is 10.5. The van der Waals surface area contributed by atoms with Crippen molar-refractivity contribution in [2.45, 2.75) is 0 Å². The van der Waals surface area contributed by atoms with E-state index in [2.05, 4.69) is 4.99 Å². The Morgan fingerprint density at radius 2 is 1.58 bits per heavy atom.